The lowest BCUT2D eigenvalue weighted by molar-refractivity contribution is 0.370. The predicted molar refractivity (Wildman–Crippen MR) is 127 cm³/mol. The van der Waals surface area contributed by atoms with E-state index in [0.717, 1.165) is 51.2 Å². The van der Waals surface area contributed by atoms with Gasteiger partial charge < -0.3 is 15.1 Å². The fourth-order valence-electron chi connectivity index (χ4n) is 3.30. The van der Waals surface area contributed by atoms with Crippen molar-refractivity contribution < 1.29 is 0 Å². The van der Waals surface area contributed by atoms with Gasteiger partial charge in [-0.25, -0.2) is 9.97 Å². The second kappa shape index (κ2) is 11.2. The van der Waals surface area contributed by atoms with E-state index in [4.69, 9.17) is 4.99 Å². The standard InChI is InChI=1S/C21H30N6.HI/c1-4-22-20(25-16-18(3)19-8-5-7-17(2)15-19)26-11-13-27(14-12-26)21-23-9-6-10-24-21;/h5-10,15,18H,4,11-14,16H2,1-3H3,(H,22,25);1H. The maximum Gasteiger partial charge on any atom is 0.225 e. The van der Waals surface area contributed by atoms with E-state index in [1.54, 1.807) is 12.4 Å². The van der Waals surface area contributed by atoms with Crippen LogP contribution >= 0.6 is 24.0 Å². The van der Waals surface area contributed by atoms with E-state index in [0.29, 0.717) is 5.92 Å². The fourth-order valence-corrected chi connectivity index (χ4v) is 3.30. The van der Waals surface area contributed by atoms with Crippen LogP contribution < -0.4 is 10.2 Å². The van der Waals surface area contributed by atoms with Gasteiger partial charge in [-0.1, -0.05) is 36.8 Å². The van der Waals surface area contributed by atoms with Crippen LogP contribution in [0, 0.1) is 6.92 Å². The molecule has 7 heteroatoms. The number of anilines is 1. The van der Waals surface area contributed by atoms with E-state index >= 15 is 0 Å². The Kier molecular flexibility index (Phi) is 8.95. The normalized spacial score (nSPS) is 15.8. The van der Waals surface area contributed by atoms with Crippen molar-refractivity contribution in [3.05, 3.63) is 53.9 Å². The summed E-state index contributed by atoms with van der Waals surface area (Å²) < 4.78 is 0. The summed E-state index contributed by atoms with van der Waals surface area (Å²) >= 11 is 0. The van der Waals surface area contributed by atoms with Crippen molar-refractivity contribution in [2.75, 3.05) is 44.2 Å². The third-order valence-electron chi connectivity index (χ3n) is 4.88. The van der Waals surface area contributed by atoms with Crippen LogP contribution in [0.5, 0.6) is 0 Å². The Bertz CT molecular complexity index is 744. The Balaban J connectivity index is 0.00000280. The number of halogens is 1. The Hall–Kier alpha value is -1.90. The molecule has 1 aromatic carbocycles. The molecular weight excluding hydrogens is 463 g/mol. The van der Waals surface area contributed by atoms with Crippen LogP contribution in [0.15, 0.2) is 47.7 Å². The largest absolute Gasteiger partial charge is 0.357 e. The number of aliphatic imine (C=N–C) groups is 1. The third kappa shape index (κ3) is 6.05. The molecule has 2 heterocycles. The minimum Gasteiger partial charge on any atom is -0.357 e. The first-order valence-electron chi connectivity index (χ1n) is 9.79. The molecule has 1 aliphatic heterocycles. The summed E-state index contributed by atoms with van der Waals surface area (Å²) in [5.41, 5.74) is 2.65. The van der Waals surface area contributed by atoms with Crippen LogP contribution in [0.2, 0.25) is 0 Å². The van der Waals surface area contributed by atoms with E-state index in [1.807, 2.05) is 6.07 Å². The smallest absolute Gasteiger partial charge is 0.225 e. The molecule has 6 nitrogen and oxygen atoms in total. The number of hydrogen-bond donors (Lipinski definition) is 1. The van der Waals surface area contributed by atoms with Gasteiger partial charge in [0.05, 0.1) is 0 Å². The number of nitrogens with one attached hydrogen (secondary N) is 1. The highest BCUT2D eigenvalue weighted by atomic mass is 127. The topological polar surface area (TPSA) is 56.7 Å². The molecule has 0 spiro atoms. The lowest BCUT2D eigenvalue weighted by Crippen LogP contribution is -2.53. The summed E-state index contributed by atoms with van der Waals surface area (Å²) in [7, 11) is 0. The summed E-state index contributed by atoms with van der Waals surface area (Å²) in [6.07, 6.45) is 3.60. The van der Waals surface area contributed by atoms with Gasteiger partial charge in [-0.2, -0.15) is 0 Å². The minimum absolute atomic E-state index is 0. The molecule has 1 aliphatic rings. The maximum atomic E-state index is 4.92. The van der Waals surface area contributed by atoms with E-state index in [1.165, 1.54) is 11.1 Å². The zero-order valence-corrected chi connectivity index (χ0v) is 19.3. The first-order valence-corrected chi connectivity index (χ1v) is 9.79. The molecule has 1 aromatic heterocycles. The molecule has 3 rings (SSSR count). The number of guanidine groups is 1. The van der Waals surface area contributed by atoms with Crippen molar-refractivity contribution in [2.24, 2.45) is 4.99 Å². The first-order chi connectivity index (χ1) is 13.2. The molecule has 1 atom stereocenters. The molecule has 1 N–H and O–H groups in total. The highest BCUT2D eigenvalue weighted by Gasteiger charge is 2.21. The van der Waals surface area contributed by atoms with Gasteiger partial charge in [0, 0.05) is 57.6 Å². The molecule has 0 saturated carbocycles. The van der Waals surface area contributed by atoms with Crippen molar-refractivity contribution in [2.45, 2.75) is 26.7 Å². The molecule has 1 saturated heterocycles. The summed E-state index contributed by atoms with van der Waals surface area (Å²) in [6, 6.07) is 10.6. The number of aromatic nitrogens is 2. The van der Waals surface area contributed by atoms with E-state index in [-0.39, 0.29) is 24.0 Å². The van der Waals surface area contributed by atoms with Crippen LogP contribution in [-0.4, -0.2) is 60.1 Å². The molecular formula is C21H31IN6. The second-order valence-electron chi connectivity index (χ2n) is 7.03. The lowest BCUT2D eigenvalue weighted by atomic mass is 10.00. The second-order valence-corrected chi connectivity index (χ2v) is 7.03. The number of nitrogens with zero attached hydrogens (tertiary/aromatic N) is 5. The number of piperazine rings is 1. The summed E-state index contributed by atoms with van der Waals surface area (Å²) in [6.45, 7) is 11.8. The summed E-state index contributed by atoms with van der Waals surface area (Å²) in [5.74, 6) is 2.22. The average Bonchev–Trinajstić information content (AvgIpc) is 2.72. The van der Waals surface area contributed by atoms with Crippen LogP contribution in [0.1, 0.15) is 30.9 Å². The molecule has 1 unspecified atom stereocenters. The van der Waals surface area contributed by atoms with Crippen molar-refractivity contribution >= 4 is 35.9 Å². The van der Waals surface area contributed by atoms with Gasteiger partial charge in [0.1, 0.15) is 0 Å². The minimum atomic E-state index is 0. The number of benzene rings is 1. The maximum absolute atomic E-state index is 4.92. The molecule has 0 radical (unpaired) electrons. The third-order valence-corrected chi connectivity index (χ3v) is 4.88. The van der Waals surface area contributed by atoms with Crippen LogP contribution in [0.25, 0.3) is 0 Å². The molecule has 152 valence electrons. The Labute approximate surface area is 185 Å². The molecule has 2 aromatic rings. The van der Waals surface area contributed by atoms with E-state index < -0.39 is 0 Å². The predicted octanol–water partition coefficient (Wildman–Crippen LogP) is 3.29. The quantitative estimate of drug-likeness (QED) is 0.393. The highest BCUT2D eigenvalue weighted by molar-refractivity contribution is 14.0. The number of aryl methyl sites for hydroxylation is 1. The fraction of sp³-hybridized carbons (Fsp3) is 0.476. The van der Waals surface area contributed by atoms with Gasteiger partial charge in [0.25, 0.3) is 0 Å². The molecule has 0 bridgehead atoms. The van der Waals surface area contributed by atoms with Crippen LogP contribution in [0.4, 0.5) is 5.95 Å². The van der Waals surface area contributed by atoms with E-state index in [2.05, 4.69) is 70.1 Å². The zero-order chi connectivity index (χ0) is 19.1. The Morgan fingerprint density at radius 1 is 1.14 bits per heavy atom. The van der Waals surface area contributed by atoms with Gasteiger partial charge in [-0.05, 0) is 25.5 Å². The average molecular weight is 494 g/mol. The van der Waals surface area contributed by atoms with E-state index in [9.17, 15) is 0 Å². The Morgan fingerprint density at radius 2 is 1.86 bits per heavy atom. The van der Waals surface area contributed by atoms with Crippen molar-refractivity contribution in [1.82, 2.24) is 20.2 Å². The number of hydrogen-bond acceptors (Lipinski definition) is 4. The highest BCUT2D eigenvalue weighted by Crippen LogP contribution is 2.17. The van der Waals surface area contributed by atoms with Gasteiger partial charge in [0.2, 0.25) is 5.95 Å². The van der Waals surface area contributed by atoms with Gasteiger partial charge in [-0.3, -0.25) is 4.99 Å². The van der Waals surface area contributed by atoms with Crippen molar-refractivity contribution in [1.29, 1.82) is 0 Å². The van der Waals surface area contributed by atoms with Gasteiger partial charge in [-0.15, -0.1) is 24.0 Å². The molecule has 28 heavy (non-hydrogen) atoms. The lowest BCUT2D eigenvalue weighted by Gasteiger charge is -2.36. The van der Waals surface area contributed by atoms with Gasteiger partial charge in [0.15, 0.2) is 5.96 Å². The summed E-state index contributed by atoms with van der Waals surface area (Å²) in [4.78, 5) is 18.2. The summed E-state index contributed by atoms with van der Waals surface area (Å²) in [5, 5.41) is 3.45. The van der Waals surface area contributed by atoms with Crippen LogP contribution in [0.3, 0.4) is 0 Å². The van der Waals surface area contributed by atoms with Crippen LogP contribution in [-0.2, 0) is 0 Å². The monoisotopic (exact) mass is 494 g/mol. The van der Waals surface area contributed by atoms with Crippen molar-refractivity contribution in [3.63, 3.8) is 0 Å². The SMILES string of the molecule is CCNC(=NCC(C)c1cccc(C)c1)N1CCN(c2ncccn2)CC1.I. The molecule has 0 amide bonds. The number of rotatable bonds is 5. The van der Waals surface area contributed by atoms with Crippen molar-refractivity contribution in [3.8, 4) is 0 Å². The zero-order valence-electron chi connectivity index (χ0n) is 17.0. The van der Waals surface area contributed by atoms with Gasteiger partial charge >= 0.3 is 0 Å². The first kappa shape index (κ1) is 22.4. The molecule has 0 aliphatic carbocycles. The Morgan fingerprint density at radius 3 is 2.50 bits per heavy atom. The molecule has 1 fully saturated rings.